The van der Waals surface area contributed by atoms with Crippen LogP contribution >= 0.6 is 11.6 Å². The van der Waals surface area contributed by atoms with Crippen LogP contribution in [0.5, 0.6) is 0 Å². The van der Waals surface area contributed by atoms with E-state index in [4.69, 9.17) is 22.0 Å². The molecule has 0 aliphatic carbocycles. The van der Waals surface area contributed by atoms with Gasteiger partial charge < -0.3 is 20.2 Å². The lowest BCUT2D eigenvalue weighted by Crippen LogP contribution is -2.44. The molecule has 2 rings (SSSR count). The molecule has 1 fully saturated rings. The third-order valence-corrected chi connectivity index (χ3v) is 3.80. The first-order chi connectivity index (χ1) is 11.5. The zero-order chi connectivity index (χ0) is 17.5. The summed E-state index contributed by atoms with van der Waals surface area (Å²) in [6.07, 6.45) is 1.48. The van der Waals surface area contributed by atoms with Crippen LogP contribution in [-0.4, -0.2) is 54.6 Å². The molecule has 0 aromatic heterocycles. The van der Waals surface area contributed by atoms with Crippen molar-refractivity contribution in [3.63, 3.8) is 0 Å². The monoisotopic (exact) mass is 348 g/mol. The number of carbonyl (C=O) groups is 2. The molecule has 7 nitrogen and oxygen atoms in total. The maximum absolute atomic E-state index is 11.8. The molecule has 1 amide bonds. The van der Waals surface area contributed by atoms with Crippen molar-refractivity contribution >= 4 is 29.2 Å². The molecule has 1 aromatic rings. The molecule has 24 heavy (non-hydrogen) atoms. The fraction of sp³-hybridized carbons (Fsp3) is 0.312. The van der Waals surface area contributed by atoms with Gasteiger partial charge >= 0.3 is 5.97 Å². The van der Waals surface area contributed by atoms with E-state index in [1.54, 1.807) is 6.07 Å². The van der Waals surface area contributed by atoms with E-state index in [9.17, 15) is 9.59 Å². The molecule has 126 valence electrons. The highest BCUT2D eigenvalue weighted by molar-refractivity contribution is 6.30. The van der Waals surface area contributed by atoms with Crippen LogP contribution in [0.25, 0.3) is 0 Å². The summed E-state index contributed by atoms with van der Waals surface area (Å²) in [5.74, 6) is -1.84. The second-order valence-corrected chi connectivity index (χ2v) is 5.67. The second-order valence-electron chi connectivity index (χ2n) is 5.23. The highest BCUT2D eigenvalue weighted by atomic mass is 35.5. The lowest BCUT2D eigenvalue weighted by molar-refractivity contribution is -0.137. The summed E-state index contributed by atoms with van der Waals surface area (Å²) in [5, 5.41) is 20.5. The average Bonchev–Trinajstić information content (AvgIpc) is 2.58. The molecule has 0 spiro atoms. The van der Waals surface area contributed by atoms with Gasteiger partial charge in [-0.05, 0) is 18.2 Å². The highest BCUT2D eigenvalue weighted by Gasteiger charge is 2.18. The van der Waals surface area contributed by atoms with Gasteiger partial charge in [0.2, 0.25) is 0 Å². The quantitative estimate of drug-likeness (QED) is 0.610. The number of carboxylic acid groups (broad SMARTS) is 1. The number of aliphatic carboxylic acids is 1. The predicted octanol–water partition coefficient (Wildman–Crippen LogP) is 1.07. The van der Waals surface area contributed by atoms with Crippen LogP contribution in [0, 0.1) is 11.3 Å². The Labute approximate surface area is 144 Å². The van der Waals surface area contributed by atoms with Gasteiger partial charge in [-0.25, -0.2) is 0 Å². The van der Waals surface area contributed by atoms with Gasteiger partial charge in [-0.15, -0.1) is 0 Å². The average molecular weight is 349 g/mol. The minimum Gasteiger partial charge on any atom is -0.480 e. The molecule has 0 saturated carbocycles. The smallest absolute Gasteiger partial charge is 0.322 e. The number of benzene rings is 1. The largest absolute Gasteiger partial charge is 0.480 e. The maximum atomic E-state index is 11.8. The summed E-state index contributed by atoms with van der Waals surface area (Å²) in [5.41, 5.74) is 0.929. The van der Waals surface area contributed by atoms with Gasteiger partial charge in [0.1, 0.15) is 18.2 Å². The molecular formula is C16H17ClN4O3. The Hall–Kier alpha value is -2.72. The van der Waals surface area contributed by atoms with E-state index in [0.29, 0.717) is 18.1 Å². The first-order valence-corrected chi connectivity index (χ1v) is 7.74. The summed E-state index contributed by atoms with van der Waals surface area (Å²) < 4.78 is 0. The minimum absolute atomic E-state index is 0.104. The number of hydrogen-bond acceptors (Lipinski definition) is 5. The molecule has 1 heterocycles. The summed E-state index contributed by atoms with van der Waals surface area (Å²) in [7, 11) is 0. The fourth-order valence-electron chi connectivity index (χ4n) is 2.35. The first kappa shape index (κ1) is 17.6. The van der Waals surface area contributed by atoms with Crippen molar-refractivity contribution in [3.05, 3.63) is 41.1 Å². The van der Waals surface area contributed by atoms with Gasteiger partial charge in [0.05, 0.1) is 0 Å². The Morgan fingerprint density at radius 3 is 2.62 bits per heavy atom. The number of anilines is 1. The van der Waals surface area contributed by atoms with Crippen molar-refractivity contribution in [3.8, 4) is 6.07 Å². The Bertz CT molecular complexity index is 691. The van der Waals surface area contributed by atoms with Crippen LogP contribution in [0.4, 0.5) is 5.69 Å². The number of piperazine rings is 1. The Kier molecular flexibility index (Phi) is 6.04. The van der Waals surface area contributed by atoms with Crippen molar-refractivity contribution in [2.75, 3.05) is 37.6 Å². The normalized spacial score (nSPS) is 14.9. The molecule has 1 aliphatic rings. The van der Waals surface area contributed by atoms with Gasteiger partial charge in [-0.1, -0.05) is 17.7 Å². The first-order valence-electron chi connectivity index (χ1n) is 7.36. The minimum atomic E-state index is -1.16. The summed E-state index contributed by atoms with van der Waals surface area (Å²) in [6.45, 7) is 2.23. The maximum Gasteiger partial charge on any atom is 0.322 e. The topological polar surface area (TPSA) is 96.7 Å². The number of halogens is 1. The number of rotatable bonds is 5. The van der Waals surface area contributed by atoms with Gasteiger partial charge in [0.25, 0.3) is 5.91 Å². The molecular weight excluding hydrogens is 332 g/mol. The lowest BCUT2D eigenvalue weighted by Gasteiger charge is -2.35. The van der Waals surface area contributed by atoms with Gasteiger partial charge in [0, 0.05) is 43.1 Å². The van der Waals surface area contributed by atoms with Crippen molar-refractivity contribution in [2.24, 2.45) is 0 Å². The van der Waals surface area contributed by atoms with Crippen LogP contribution < -0.4 is 10.2 Å². The number of nitrogens with one attached hydrogen (secondary N) is 1. The molecule has 1 aromatic carbocycles. The van der Waals surface area contributed by atoms with Crippen LogP contribution in [0.3, 0.4) is 0 Å². The van der Waals surface area contributed by atoms with E-state index < -0.39 is 18.4 Å². The molecule has 8 heteroatoms. The zero-order valence-corrected chi connectivity index (χ0v) is 13.7. The SMILES string of the molecule is N#C/C(=C/N1CCN(c2cccc(Cl)c2)CC1)C(=O)NCC(=O)O. The predicted molar refractivity (Wildman–Crippen MR) is 89.6 cm³/mol. The molecule has 0 bridgehead atoms. The highest BCUT2D eigenvalue weighted by Crippen LogP contribution is 2.20. The molecule has 1 saturated heterocycles. The fourth-order valence-corrected chi connectivity index (χ4v) is 2.54. The van der Waals surface area contributed by atoms with Gasteiger partial charge in [-0.2, -0.15) is 5.26 Å². The summed E-state index contributed by atoms with van der Waals surface area (Å²) >= 11 is 6.00. The van der Waals surface area contributed by atoms with Crippen LogP contribution in [0.2, 0.25) is 5.02 Å². The second kappa shape index (κ2) is 8.22. The van der Waals surface area contributed by atoms with Gasteiger partial charge in [-0.3, -0.25) is 9.59 Å². The Morgan fingerprint density at radius 2 is 2.04 bits per heavy atom. The third-order valence-electron chi connectivity index (χ3n) is 3.56. The number of carboxylic acids is 1. The van der Waals surface area contributed by atoms with Crippen LogP contribution in [0.1, 0.15) is 0 Å². The molecule has 0 unspecified atom stereocenters. The number of carbonyl (C=O) groups excluding carboxylic acids is 1. The molecule has 1 aliphatic heterocycles. The van der Waals surface area contributed by atoms with Crippen molar-refractivity contribution in [2.45, 2.75) is 0 Å². The van der Waals surface area contributed by atoms with E-state index in [-0.39, 0.29) is 5.57 Å². The van der Waals surface area contributed by atoms with E-state index in [1.165, 1.54) is 6.20 Å². The van der Waals surface area contributed by atoms with E-state index in [0.717, 1.165) is 18.8 Å². The van der Waals surface area contributed by atoms with Crippen molar-refractivity contribution < 1.29 is 14.7 Å². The number of amides is 1. The zero-order valence-electron chi connectivity index (χ0n) is 12.9. The summed E-state index contributed by atoms with van der Waals surface area (Å²) in [6, 6.07) is 9.40. The van der Waals surface area contributed by atoms with E-state index >= 15 is 0 Å². The van der Waals surface area contributed by atoms with Crippen molar-refractivity contribution in [1.82, 2.24) is 10.2 Å². The standard InChI is InChI=1S/C16H17ClN4O3/c17-13-2-1-3-14(8-13)21-6-4-20(5-7-21)11-12(9-18)16(24)19-10-15(22)23/h1-3,8,11H,4-7,10H2,(H,19,24)(H,22,23)/b12-11-. The molecule has 0 atom stereocenters. The van der Waals surface area contributed by atoms with Gasteiger partial charge in [0.15, 0.2) is 0 Å². The van der Waals surface area contributed by atoms with Crippen LogP contribution in [0.15, 0.2) is 36.0 Å². The van der Waals surface area contributed by atoms with Crippen molar-refractivity contribution in [1.29, 1.82) is 5.26 Å². The molecule has 2 N–H and O–H groups in total. The lowest BCUT2D eigenvalue weighted by atomic mass is 10.2. The summed E-state index contributed by atoms with van der Waals surface area (Å²) in [4.78, 5) is 26.3. The third kappa shape index (κ3) is 4.89. The van der Waals surface area contributed by atoms with E-state index in [1.807, 2.05) is 29.2 Å². The Balaban J connectivity index is 1.94. The number of nitriles is 1. The number of nitrogens with zero attached hydrogens (tertiary/aromatic N) is 3. The Morgan fingerprint density at radius 1 is 1.33 bits per heavy atom. The number of hydrogen-bond donors (Lipinski definition) is 2. The molecule has 0 radical (unpaired) electrons. The van der Waals surface area contributed by atoms with E-state index in [2.05, 4.69) is 10.2 Å². The van der Waals surface area contributed by atoms with Crippen LogP contribution in [-0.2, 0) is 9.59 Å².